The summed E-state index contributed by atoms with van der Waals surface area (Å²) in [6, 6.07) is 4.20. The van der Waals surface area contributed by atoms with E-state index in [1.54, 1.807) is 13.0 Å². The second-order valence-electron chi connectivity index (χ2n) is 4.92. The Hall–Kier alpha value is -2.09. The molecule has 1 fully saturated rings. The molecule has 1 aromatic carbocycles. The average Bonchev–Trinajstić information content (AvgIpc) is 2.40. The molecule has 0 saturated carbocycles. The van der Waals surface area contributed by atoms with Crippen LogP contribution in [0.15, 0.2) is 18.2 Å². The number of nitrogens with zero attached hydrogens (tertiary/aromatic N) is 1. The summed E-state index contributed by atoms with van der Waals surface area (Å²) in [5.41, 5.74) is 0.981. The van der Waals surface area contributed by atoms with Gasteiger partial charge in [0.2, 0.25) is 0 Å². The van der Waals surface area contributed by atoms with Gasteiger partial charge in [-0.1, -0.05) is 11.6 Å². The van der Waals surface area contributed by atoms with E-state index in [1.807, 2.05) is 0 Å². The summed E-state index contributed by atoms with van der Waals surface area (Å²) in [6.07, 6.45) is 0. The Labute approximate surface area is 122 Å². The van der Waals surface area contributed by atoms with Gasteiger partial charge in [-0.2, -0.15) is 0 Å². The minimum atomic E-state index is -3.07. The molecule has 0 bridgehead atoms. The number of sulfone groups is 1. The fourth-order valence-corrected chi connectivity index (χ4v) is 3.26. The Morgan fingerprint density at radius 1 is 1.24 bits per heavy atom. The van der Waals surface area contributed by atoms with Crippen molar-refractivity contribution in [3.63, 3.8) is 0 Å². The van der Waals surface area contributed by atoms with E-state index in [2.05, 4.69) is 5.32 Å². The molecule has 0 spiro atoms. The molecule has 1 aliphatic rings. The number of carbonyl (C=O) groups is 2. The fraction of sp³-hybridized carbons (Fsp3) is 0.385. The summed E-state index contributed by atoms with van der Waals surface area (Å²) in [7, 11) is -3.07. The summed E-state index contributed by atoms with van der Waals surface area (Å²) in [5.74, 6) is -1.27. The first-order valence-electron chi connectivity index (χ1n) is 6.39. The largest absolute Gasteiger partial charge is 0.478 e. The van der Waals surface area contributed by atoms with Crippen molar-refractivity contribution in [3.05, 3.63) is 29.3 Å². The van der Waals surface area contributed by atoms with Gasteiger partial charge in [-0.15, -0.1) is 0 Å². The maximum Gasteiger partial charge on any atom is 0.337 e. The highest BCUT2D eigenvalue weighted by Gasteiger charge is 2.25. The lowest BCUT2D eigenvalue weighted by molar-refractivity contribution is 0.0698. The molecule has 114 valence electrons. The summed E-state index contributed by atoms with van der Waals surface area (Å²) in [6.45, 7) is 1.98. The molecule has 0 radical (unpaired) electrons. The third kappa shape index (κ3) is 3.72. The van der Waals surface area contributed by atoms with E-state index < -0.39 is 21.8 Å². The zero-order valence-corrected chi connectivity index (χ0v) is 12.3. The molecule has 2 amide bonds. The van der Waals surface area contributed by atoms with Crippen LogP contribution in [0.1, 0.15) is 15.9 Å². The molecule has 1 heterocycles. The van der Waals surface area contributed by atoms with Crippen molar-refractivity contribution in [2.75, 3.05) is 29.9 Å². The van der Waals surface area contributed by atoms with Crippen LogP contribution in [0.3, 0.4) is 0 Å². The molecule has 8 heteroatoms. The predicted octanol–water partition coefficient (Wildman–Crippen LogP) is 0.956. The van der Waals surface area contributed by atoms with E-state index >= 15 is 0 Å². The number of anilines is 1. The number of rotatable bonds is 2. The molecule has 0 unspecified atom stereocenters. The summed E-state index contributed by atoms with van der Waals surface area (Å²) >= 11 is 0. The van der Waals surface area contributed by atoms with Crippen molar-refractivity contribution in [1.82, 2.24) is 4.90 Å². The first-order valence-corrected chi connectivity index (χ1v) is 8.21. The Bertz CT molecular complexity index is 670. The van der Waals surface area contributed by atoms with Crippen LogP contribution < -0.4 is 5.32 Å². The molecule has 2 N–H and O–H groups in total. The van der Waals surface area contributed by atoms with Crippen molar-refractivity contribution in [2.45, 2.75) is 6.92 Å². The standard InChI is InChI=1S/C13H16N2O5S/c1-9-2-3-11(10(8-9)12(16)17)14-13(18)15-4-6-21(19,20)7-5-15/h2-3,8H,4-7H2,1H3,(H,14,18)(H,16,17). The molecule has 7 nitrogen and oxygen atoms in total. The van der Waals surface area contributed by atoms with Gasteiger partial charge in [0.1, 0.15) is 0 Å². The SMILES string of the molecule is Cc1ccc(NC(=O)N2CCS(=O)(=O)CC2)c(C(=O)O)c1. The van der Waals surface area contributed by atoms with Gasteiger partial charge in [0.25, 0.3) is 0 Å². The van der Waals surface area contributed by atoms with Gasteiger partial charge < -0.3 is 15.3 Å². The Morgan fingerprint density at radius 2 is 1.86 bits per heavy atom. The number of benzene rings is 1. The number of aromatic carboxylic acids is 1. The Balaban J connectivity index is 2.12. The van der Waals surface area contributed by atoms with Crippen LogP contribution in [0, 0.1) is 6.92 Å². The first kappa shape index (κ1) is 15.3. The topological polar surface area (TPSA) is 104 Å². The van der Waals surface area contributed by atoms with E-state index in [4.69, 9.17) is 5.11 Å². The van der Waals surface area contributed by atoms with Crippen molar-refractivity contribution >= 4 is 27.5 Å². The first-order chi connectivity index (χ1) is 9.78. The van der Waals surface area contributed by atoms with Crippen LogP contribution in [-0.2, 0) is 9.84 Å². The minimum absolute atomic E-state index is 0.00739. The number of carboxylic acid groups (broad SMARTS) is 1. The van der Waals surface area contributed by atoms with Gasteiger partial charge in [0.05, 0.1) is 22.8 Å². The average molecular weight is 312 g/mol. The maximum absolute atomic E-state index is 12.1. The molecule has 0 atom stereocenters. The molecule has 0 aromatic heterocycles. The summed E-state index contributed by atoms with van der Waals surface area (Å²) in [4.78, 5) is 24.6. The monoisotopic (exact) mass is 312 g/mol. The molecular formula is C13H16N2O5S. The molecular weight excluding hydrogens is 296 g/mol. The Kier molecular flexibility index (Phi) is 4.17. The predicted molar refractivity (Wildman–Crippen MR) is 77.4 cm³/mol. The van der Waals surface area contributed by atoms with Crippen LogP contribution in [0.4, 0.5) is 10.5 Å². The highest BCUT2D eigenvalue weighted by molar-refractivity contribution is 7.91. The number of aryl methyl sites for hydroxylation is 1. The van der Waals surface area contributed by atoms with Crippen LogP contribution in [0.25, 0.3) is 0 Å². The van der Waals surface area contributed by atoms with Gasteiger partial charge >= 0.3 is 12.0 Å². The van der Waals surface area contributed by atoms with Gasteiger partial charge in [0.15, 0.2) is 9.84 Å². The second-order valence-corrected chi connectivity index (χ2v) is 7.23. The van der Waals surface area contributed by atoms with E-state index in [1.165, 1.54) is 17.0 Å². The van der Waals surface area contributed by atoms with Crippen molar-refractivity contribution in [3.8, 4) is 0 Å². The van der Waals surface area contributed by atoms with Crippen molar-refractivity contribution in [1.29, 1.82) is 0 Å². The Morgan fingerprint density at radius 3 is 2.43 bits per heavy atom. The number of urea groups is 1. The molecule has 0 aliphatic carbocycles. The lowest BCUT2D eigenvalue weighted by atomic mass is 10.1. The third-order valence-corrected chi connectivity index (χ3v) is 4.89. The summed E-state index contributed by atoms with van der Waals surface area (Å²) < 4.78 is 22.6. The normalized spacial score (nSPS) is 17.3. The zero-order valence-electron chi connectivity index (χ0n) is 11.5. The van der Waals surface area contributed by atoms with Crippen molar-refractivity contribution < 1.29 is 23.1 Å². The number of carboxylic acids is 1. The molecule has 1 aromatic rings. The number of carbonyl (C=O) groups excluding carboxylic acids is 1. The number of hydrogen-bond donors (Lipinski definition) is 2. The van der Waals surface area contributed by atoms with Gasteiger partial charge in [0, 0.05) is 13.1 Å². The van der Waals surface area contributed by atoms with Gasteiger partial charge in [-0.25, -0.2) is 18.0 Å². The number of nitrogens with one attached hydrogen (secondary N) is 1. The fourth-order valence-electron chi connectivity index (χ4n) is 2.05. The maximum atomic E-state index is 12.1. The van der Waals surface area contributed by atoms with Crippen molar-refractivity contribution in [2.24, 2.45) is 0 Å². The zero-order chi connectivity index (χ0) is 15.6. The lowest BCUT2D eigenvalue weighted by Crippen LogP contribution is -2.45. The van der Waals surface area contributed by atoms with E-state index in [-0.39, 0.29) is 35.8 Å². The van der Waals surface area contributed by atoms with Crippen LogP contribution in [0.5, 0.6) is 0 Å². The number of hydrogen-bond acceptors (Lipinski definition) is 4. The summed E-state index contributed by atoms with van der Waals surface area (Å²) in [5, 5.41) is 11.7. The van der Waals surface area contributed by atoms with Gasteiger partial charge in [-0.05, 0) is 19.1 Å². The molecule has 1 aliphatic heterocycles. The highest BCUT2D eigenvalue weighted by Crippen LogP contribution is 2.18. The quantitative estimate of drug-likeness (QED) is 0.846. The smallest absolute Gasteiger partial charge is 0.337 e. The number of amides is 2. The van der Waals surface area contributed by atoms with Crippen LogP contribution in [-0.4, -0.2) is 55.0 Å². The van der Waals surface area contributed by atoms with Gasteiger partial charge in [-0.3, -0.25) is 0 Å². The van der Waals surface area contributed by atoms with Crippen LogP contribution in [0.2, 0.25) is 0 Å². The van der Waals surface area contributed by atoms with E-state index in [9.17, 15) is 18.0 Å². The minimum Gasteiger partial charge on any atom is -0.478 e. The molecule has 1 saturated heterocycles. The lowest BCUT2D eigenvalue weighted by Gasteiger charge is -2.27. The van der Waals surface area contributed by atoms with Crippen LogP contribution >= 0.6 is 0 Å². The molecule has 2 rings (SSSR count). The van der Waals surface area contributed by atoms with E-state index in [0.717, 1.165) is 5.56 Å². The van der Waals surface area contributed by atoms with E-state index in [0.29, 0.717) is 0 Å². The second kappa shape index (κ2) is 5.72. The molecule has 21 heavy (non-hydrogen) atoms. The third-order valence-electron chi connectivity index (χ3n) is 3.28. The highest BCUT2D eigenvalue weighted by atomic mass is 32.2.